The Kier molecular flexibility index (Phi) is 5.22. The van der Waals surface area contributed by atoms with Gasteiger partial charge in [-0.05, 0) is 42.9 Å². The Morgan fingerprint density at radius 2 is 1.76 bits per heavy atom. The minimum Gasteiger partial charge on any atom is -0.271 e. The highest BCUT2D eigenvalue weighted by molar-refractivity contribution is 5.17. The zero-order valence-corrected chi connectivity index (χ0v) is 11.7. The van der Waals surface area contributed by atoms with Gasteiger partial charge >= 0.3 is 6.18 Å². The van der Waals surface area contributed by atoms with Gasteiger partial charge in [0.05, 0.1) is 5.92 Å². The van der Waals surface area contributed by atoms with Crippen molar-refractivity contribution in [3.8, 4) is 0 Å². The molecule has 6 heteroatoms. The van der Waals surface area contributed by atoms with Crippen molar-refractivity contribution >= 4 is 0 Å². The van der Waals surface area contributed by atoms with Gasteiger partial charge in [0.2, 0.25) is 0 Å². The first-order valence-corrected chi connectivity index (χ1v) is 7.19. The number of rotatable bonds is 4. The normalized spacial score (nSPS) is 24.8. The van der Waals surface area contributed by atoms with Crippen molar-refractivity contribution in [2.24, 2.45) is 17.7 Å². The summed E-state index contributed by atoms with van der Waals surface area (Å²) in [6.07, 6.45) is -1.75. The Morgan fingerprint density at radius 1 is 1.14 bits per heavy atom. The Hall–Kier alpha value is -1.14. The summed E-state index contributed by atoms with van der Waals surface area (Å²) in [4.78, 5) is 0. The molecule has 1 aliphatic carbocycles. The van der Waals surface area contributed by atoms with Gasteiger partial charge in [-0.25, -0.2) is 4.39 Å². The van der Waals surface area contributed by atoms with Crippen LogP contribution in [-0.2, 0) is 6.42 Å². The Balaban J connectivity index is 2.12. The molecule has 0 amide bonds. The van der Waals surface area contributed by atoms with Gasteiger partial charge in [0.1, 0.15) is 5.82 Å². The fourth-order valence-corrected chi connectivity index (χ4v) is 3.26. The van der Waals surface area contributed by atoms with Crippen LogP contribution in [0.3, 0.4) is 0 Å². The van der Waals surface area contributed by atoms with E-state index < -0.39 is 24.1 Å². The van der Waals surface area contributed by atoms with Gasteiger partial charge < -0.3 is 0 Å². The summed E-state index contributed by atoms with van der Waals surface area (Å²) in [5.74, 6) is 3.29. The van der Waals surface area contributed by atoms with Crippen LogP contribution in [-0.4, -0.2) is 12.2 Å². The van der Waals surface area contributed by atoms with E-state index in [1.165, 1.54) is 12.1 Å². The van der Waals surface area contributed by atoms with Gasteiger partial charge in [-0.15, -0.1) is 0 Å². The molecule has 2 rings (SSSR count). The van der Waals surface area contributed by atoms with Crippen LogP contribution < -0.4 is 11.3 Å². The lowest BCUT2D eigenvalue weighted by atomic mass is 9.73. The predicted octanol–water partition coefficient (Wildman–Crippen LogP) is 3.57. The second-order valence-corrected chi connectivity index (χ2v) is 5.70. The highest BCUT2D eigenvalue weighted by Crippen LogP contribution is 2.43. The third-order valence-electron chi connectivity index (χ3n) is 4.34. The van der Waals surface area contributed by atoms with E-state index in [-0.39, 0.29) is 12.2 Å². The molecule has 0 aliphatic heterocycles. The SMILES string of the molecule is NNC(Cc1ccc(F)cc1)C1CCCCC1C(F)(F)F. The fourth-order valence-electron chi connectivity index (χ4n) is 3.26. The van der Waals surface area contributed by atoms with E-state index in [0.29, 0.717) is 19.3 Å². The van der Waals surface area contributed by atoms with E-state index in [1.54, 1.807) is 12.1 Å². The first-order valence-electron chi connectivity index (χ1n) is 7.19. The van der Waals surface area contributed by atoms with Crippen LogP contribution in [0.15, 0.2) is 24.3 Å². The van der Waals surface area contributed by atoms with Crippen LogP contribution >= 0.6 is 0 Å². The van der Waals surface area contributed by atoms with Gasteiger partial charge in [0.15, 0.2) is 0 Å². The molecule has 1 fully saturated rings. The van der Waals surface area contributed by atoms with Crippen LogP contribution in [0.1, 0.15) is 31.2 Å². The van der Waals surface area contributed by atoms with Crippen molar-refractivity contribution in [1.82, 2.24) is 5.43 Å². The molecule has 0 spiro atoms. The van der Waals surface area contributed by atoms with E-state index in [1.807, 2.05) is 0 Å². The standard InChI is InChI=1S/C15H20F4N2/c16-11-7-5-10(6-8-11)9-14(21-20)12-3-1-2-4-13(12)15(17,18)19/h5-8,12-14,21H,1-4,9,20H2. The maximum atomic E-state index is 13.2. The van der Waals surface area contributed by atoms with E-state index in [4.69, 9.17) is 5.84 Å². The van der Waals surface area contributed by atoms with Crippen LogP contribution in [0.2, 0.25) is 0 Å². The second kappa shape index (κ2) is 6.75. The van der Waals surface area contributed by atoms with Crippen molar-refractivity contribution in [3.63, 3.8) is 0 Å². The largest absolute Gasteiger partial charge is 0.392 e. The molecule has 0 aromatic heterocycles. The van der Waals surface area contributed by atoms with Gasteiger partial charge in [0.25, 0.3) is 0 Å². The number of benzene rings is 1. The first kappa shape index (κ1) is 16.2. The summed E-state index contributed by atoms with van der Waals surface area (Å²) in [6.45, 7) is 0. The number of alkyl halides is 3. The Morgan fingerprint density at radius 3 is 2.33 bits per heavy atom. The molecule has 1 aromatic rings. The molecule has 3 unspecified atom stereocenters. The lowest BCUT2D eigenvalue weighted by molar-refractivity contribution is -0.199. The van der Waals surface area contributed by atoms with Gasteiger partial charge in [0, 0.05) is 6.04 Å². The number of hydrogen-bond acceptors (Lipinski definition) is 2. The number of hydrogen-bond donors (Lipinski definition) is 2. The fraction of sp³-hybridized carbons (Fsp3) is 0.600. The number of hydrazine groups is 1. The third kappa shape index (κ3) is 4.17. The van der Waals surface area contributed by atoms with Crippen molar-refractivity contribution in [3.05, 3.63) is 35.6 Å². The summed E-state index contributed by atoms with van der Waals surface area (Å²) in [7, 11) is 0. The average molecular weight is 304 g/mol. The number of nitrogens with one attached hydrogen (secondary N) is 1. The molecular weight excluding hydrogens is 284 g/mol. The number of halogens is 4. The summed E-state index contributed by atoms with van der Waals surface area (Å²) in [6, 6.07) is 5.34. The summed E-state index contributed by atoms with van der Waals surface area (Å²) >= 11 is 0. The summed E-state index contributed by atoms with van der Waals surface area (Å²) in [5, 5.41) is 0. The molecule has 0 radical (unpaired) electrons. The molecule has 2 nitrogen and oxygen atoms in total. The van der Waals surface area contributed by atoms with E-state index in [0.717, 1.165) is 12.0 Å². The molecule has 1 saturated carbocycles. The van der Waals surface area contributed by atoms with Gasteiger partial charge in [-0.2, -0.15) is 13.2 Å². The smallest absolute Gasteiger partial charge is 0.271 e. The van der Waals surface area contributed by atoms with Crippen LogP contribution in [0.25, 0.3) is 0 Å². The topological polar surface area (TPSA) is 38.0 Å². The number of nitrogens with two attached hydrogens (primary N) is 1. The molecule has 21 heavy (non-hydrogen) atoms. The van der Waals surface area contributed by atoms with E-state index in [9.17, 15) is 17.6 Å². The zero-order chi connectivity index (χ0) is 15.5. The minimum atomic E-state index is -4.19. The van der Waals surface area contributed by atoms with Crippen LogP contribution in [0, 0.1) is 17.7 Å². The maximum Gasteiger partial charge on any atom is 0.392 e. The molecule has 1 aromatic carbocycles. The Labute approximate surface area is 121 Å². The van der Waals surface area contributed by atoms with Crippen molar-refractivity contribution in [1.29, 1.82) is 0 Å². The zero-order valence-electron chi connectivity index (χ0n) is 11.7. The first-order chi connectivity index (χ1) is 9.91. The monoisotopic (exact) mass is 304 g/mol. The van der Waals surface area contributed by atoms with Crippen molar-refractivity contribution in [2.45, 2.75) is 44.3 Å². The van der Waals surface area contributed by atoms with Crippen molar-refractivity contribution in [2.75, 3.05) is 0 Å². The summed E-state index contributed by atoms with van der Waals surface area (Å²) < 4.78 is 52.4. The molecule has 0 saturated heterocycles. The highest BCUT2D eigenvalue weighted by atomic mass is 19.4. The summed E-state index contributed by atoms with van der Waals surface area (Å²) in [5.41, 5.74) is 3.33. The average Bonchev–Trinajstić information content (AvgIpc) is 2.46. The quantitative estimate of drug-likeness (QED) is 0.507. The van der Waals surface area contributed by atoms with Gasteiger partial charge in [-0.3, -0.25) is 11.3 Å². The molecule has 0 bridgehead atoms. The lowest BCUT2D eigenvalue weighted by Gasteiger charge is -2.38. The lowest BCUT2D eigenvalue weighted by Crippen LogP contribution is -2.49. The minimum absolute atomic E-state index is 0.162. The van der Waals surface area contributed by atoms with Crippen LogP contribution in [0.5, 0.6) is 0 Å². The van der Waals surface area contributed by atoms with E-state index in [2.05, 4.69) is 5.43 Å². The highest BCUT2D eigenvalue weighted by Gasteiger charge is 2.47. The van der Waals surface area contributed by atoms with Gasteiger partial charge in [-0.1, -0.05) is 25.0 Å². The third-order valence-corrected chi connectivity index (χ3v) is 4.34. The molecule has 118 valence electrons. The second-order valence-electron chi connectivity index (χ2n) is 5.70. The molecule has 3 N–H and O–H groups in total. The Bertz CT molecular complexity index is 444. The molecule has 0 heterocycles. The molecular formula is C15H20F4N2. The maximum absolute atomic E-state index is 13.2. The van der Waals surface area contributed by atoms with E-state index >= 15 is 0 Å². The van der Waals surface area contributed by atoms with Crippen molar-refractivity contribution < 1.29 is 17.6 Å². The predicted molar refractivity (Wildman–Crippen MR) is 72.7 cm³/mol. The molecule has 3 atom stereocenters. The van der Waals surface area contributed by atoms with Crippen LogP contribution in [0.4, 0.5) is 17.6 Å². The molecule has 1 aliphatic rings.